The van der Waals surface area contributed by atoms with Crippen LogP contribution in [0.2, 0.25) is 0 Å². The van der Waals surface area contributed by atoms with E-state index >= 15 is 0 Å². The molecule has 0 amide bonds. The van der Waals surface area contributed by atoms with Crippen LogP contribution in [-0.4, -0.2) is 30.1 Å². The Kier molecular flexibility index (Phi) is 8.27. The van der Waals surface area contributed by atoms with Crippen molar-refractivity contribution in [3.63, 3.8) is 0 Å². The molecule has 0 atom stereocenters. The Hall–Kier alpha value is -0.870. The van der Waals surface area contributed by atoms with Crippen molar-refractivity contribution in [1.29, 1.82) is 0 Å². The summed E-state index contributed by atoms with van der Waals surface area (Å²) in [6.07, 6.45) is 0. The first-order valence-corrected chi connectivity index (χ1v) is 8.24. The van der Waals surface area contributed by atoms with Gasteiger partial charge in [-0.2, -0.15) is 0 Å². The lowest BCUT2D eigenvalue weighted by atomic mass is 10.2. The van der Waals surface area contributed by atoms with Crippen LogP contribution in [0.15, 0.2) is 39.1 Å². The fourth-order valence-corrected chi connectivity index (χ4v) is 3.51. The van der Waals surface area contributed by atoms with Gasteiger partial charge in [0.05, 0.1) is 10.3 Å². The van der Waals surface area contributed by atoms with Gasteiger partial charge >= 0.3 is 0 Å². The Morgan fingerprint density at radius 3 is 2.70 bits per heavy atom. The van der Waals surface area contributed by atoms with Crippen LogP contribution < -0.4 is 5.32 Å². The molecule has 0 saturated heterocycles. The molecule has 0 bridgehead atoms. The molecule has 0 aliphatic carbocycles. The second kappa shape index (κ2) is 9.43. The van der Waals surface area contributed by atoms with Crippen LogP contribution in [0.4, 0.5) is 4.39 Å². The second-order valence-electron chi connectivity index (χ2n) is 4.75. The number of phenolic OH excluding ortho intramolecular Hbond substituents is 1. The van der Waals surface area contributed by atoms with Crippen LogP contribution in [0.1, 0.15) is 10.4 Å². The summed E-state index contributed by atoms with van der Waals surface area (Å²) < 4.78 is 14.4. The quantitative estimate of drug-likeness (QED) is 0.366. The summed E-state index contributed by atoms with van der Waals surface area (Å²) in [5.74, 6) is -0.238. The van der Waals surface area contributed by atoms with Crippen molar-refractivity contribution in [2.75, 3.05) is 14.1 Å². The average Bonchev–Trinajstić information content (AvgIpc) is 2.88. The van der Waals surface area contributed by atoms with E-state index in [2.05, 4.69) is 32.3 Å². The van der Waals surface area contributed by atoms with E-state index in [4.69, 9.17) is 0 Å². The molecule has 2 rings (SSSR count). The van der Waals surface area contributed by atoms with E-state index in [1.165, 1.54) is 17.0 Å². The molecule has 0 unspecified atom stereocenters. The molecule has 126 valence electrons. The molecule has 0 aliphatic heterocycles. The molecule has 8 heteroatoms. The number of benzene rings is 1. The Morgan fingerprint density at radius 1 is 1.39 bits per heavy atom. The highest BCUT2D eigenvalue weighted by atomic mass is 127. The number of aromatic hydroxyl groups is 1. The van der Waals surface area contributed by atoms with Crippen molar-refractivity contribution < 1.29 is 9.50 Å². The number of nitrogens with one attached hydrogen (secondary N) is 1. The van der Waals surface area contributed by atoms with Gasteiger partial charge in [0.25, 0.3) is 0 Å². The van der Waals surface area contributed by atoms with E-state index in [-0.39, 0.29) is 29.7 Å². The lowest BCUT2D eigenvalue weighted by molar-refractivity contribution is 0.431. The zero-order valence-electron chi connectivity index (χ0n) is 12.7. The van der Waals surface area contributed by atoms with Gasteiger partial charge in [0.15, 0.2) is 17.5 Å². The van der Waals surface area contributed by atoms with E-state index in [0.29, 0.717) is 6.54 Å². The van der Waals surface area contributed by atoms with Gasteiger partial charge in [-0.15, -0.1) is 35.3 Å². The van der Waals surface area contributed by atoms with E-state index < -0.39 is 5.82 Å². The first-order chi connectivity index (χ1) is 10.5. The number of rotatable bonds is 4. The lowest BCUT2D eigenvalue weighted by Gasteiger charge is -2.21. The topological polar surface area (TPSA) is 47.9 Å². The molecule has 23 heavy (non-hydrogen) atoms. The van der Waals surface area contributed by atoms with Crippen molar-refractivity contribution in [3.05, 3.63) is 50.4 Å². The van der Waals surface area contributed by atoms with Gasteiger partial charge in [-0.05, 0) is 45.8 Å². The highest BCUT2D eigenvalue weighted by Gasteiger charge is 2.09. The first kappa shape index (κ1) is 20.2. The van der Waals surface area contributed by atoms with Gasteiger partial charge in [-0.3, -0.25) is 4.99 Å². The summed E-state index contributed by atoms with van der Waals surface area (Å²) >= 11 is 5.13. The second-order valence-corrected chi connectivity index (χ2v) is 7.30. The van der Waals surface area contributed by atoms with Gasteiger partial charge in [-0.25, -0.2) is 4.39 Å². The third kappa shape index (κ3) is 5.92. The highest BCUT2D eigenvalue weighted by Crippen LogP contribution is 2.23. The molecule has 0 spiro atoms. The molecular weight excluding hydrogens is 496 g/mol. The van der Waals surface area contributed by atoms with Crippen LogP contribution >= 0.6 is 51.2 Å². The first-order valence-electron chi connectivity index (χ1n) is 6.63. The summed E-state index contributed by atoms with van der Waals surface area (Å²) in [5.41, 5.74) is 0.740. The van der Waals surface area contributed by atoms with E-state index in [9.17, 15) is 9.50 Å². The SMILES string of the molecule is CN=C(NCc1ccc(O)c(F)c1)N(C)Cc1ccc(Br)s1.I. The molecule has 4 nitrogen and oxygen atoms in total. The van der Waals surface area contributed by atoms with Crippen LogP contribution in [-0.2, 0) is 13.1 Å². The monoisotopic (exact) mass is 513 g/mol. The van der Waals surface area contributed by atoms with Gasteiger partial charge in [0, 0.05) is 25.5 Å². The summed E-state index contributed by atoms with van der Waals surface area (Å²) in [5, 5.41) is 12.4. The molecule has 2 aromatic rings. The Morgan fingerprint density at radius 2 is 2.13 bits per heavy atom. The fourth-order valence-electron chi connectivity index (χ4n) is 1.97. The Labute approximate surface area is 164 Å². The van der Waals surface area contributed by atoms with Gasteiger partial charge in [-0.1, -0.05) is 6.07 Å². The Bertz CT molecular complexity index is 680. The largest absolute Gasteiger partial charge is 0.505 e. The smallest absolute Gasteiger partial charge is 0.193 e. The molecule has 0 fully saturated rings. The fraction of sp³-hybridized carbons (Fsp3) is 0.267. The zero-order valence-corrected chi connectivity index (χ0v) is 17.4. The van der Waals surface area contributed by atoms with Crippen LogP contribution in [0.3, 0.4) is 0 Å². The van der Waals surface area contributed by atoms with Crippen molar-refractivity contribution >= 4 is 57.2 Å². The van der Waals surface area contributed by atoms with Crippen LogP contribution in [0, 0.1) is 5.82 Å². The number of guanidine groups is 1. The average molecular weight is 514 g/mol. The van der Waals surface area contributed by atoms with Crippen molar-refractivity contribution in [2.24, 2.45) is 4.99 Å². The number of hydrogen-bond donors (Lipinski definition) is 2. The molecule has 0 radical (unpaired) electrons. The predicted molar refractivity (Wildman–Crippen MR) is 107 cm³/mol. The summed E-state index contributed by atoms with van der Waals surface area (Å²) in [4.78, 5) is 7.44. The molecular formula is C15H18BrFIN3OS. The maximum Gasteiger partial charge on any atom is 0.193 e. The number of halogens is 3. The number of hydrogen-bond acceptors (Lipinski definition) is 3. The van der Waals surface area contributed by atoms with Crippen molar-refractivity contribution in [3.8, 4) is 5.75 Å². The minimum atomic E-state index is -0.619. The molecule has 0 saturated carbocycles. The molecule has 0 aliphatic rings. The normalized spacial score (nSPS) is 11.0. The lowest BCUT2D eigenvalue weighted by Crippen LogP contribution is -2.37. The third-order valence-corrected chi connectivity index (χ3v) is 4.67. The Balaban J connectivity index is 0.00000264. The minimum absolute atomic E-state index is 0. The molecule has 1 aromatic carbocycles. The maximum atomic E-state index is 13.3. The van der Waals surface area contributed by atoms with Crippen LogP contribution in [0.5, 0.6) is 5.75 Å². The summed E-state index contributed by atoms with van der Waals surface area (Å²) in [6, 6.07) is 8.42. The van der Waals surface area contributed by atoms with Gasteiger partial charge < -0.3 is 15.3 Å². The summed E-state index contributed by atoms with van der Waals surface area (Å²) in [7, 11) is 3.65. The number of phenols is 1. The zero-order chi connectivity index (χ0) is 16.1. The molecule has 1 aromatic heterocycles. The highest BCUT2D eigenvalue weighted by molar-refractivity contribution is 14.0. The summed E-state index contributed by atoms with van der Waals surface area (Å²) in [6.45, 7) is 1.17. The number of thiophene rings is 1. The number of aliphatic imine (C=N–C) groups is 1. The minimum Gasteiger partial charge on any atom is -0.505 e. The predicted octanol–water partition coefficient (Wildman–Crippen LogP) is 4.18. The molecule has 2 N–H and O–H groups in total. The van der Waals surface area contributed by atoms with Gasteiger partial charge in [0.2, 0.25) is 0 Å². The molecule has 1 heterocycles. The maximum absolute atomic E-state index is 13.3. The van der Waals surface area contributed by atoms with Crippen molar-refractivity contribution in [2.45, 2.75) is 13.1 Å². The van der Waals surface area contributed by atoms with E-state index in [1.807, 2.05) is 18.0 Å². The third-order valence-electron chi connectivity index (χ3n) is 3.06. The van der Waals surface area contributed by atoms with Crippen LogP contribution in [0.25, 0.3) is 0 Å². The van der Waals surface area contributed by atoms with Crippen molar-refractivity contribution in [1.82, 2.24) is 10.2 Å². The van der Waals surface area contributed by atoms with E-state index in [1.54, 1.807) is 24.5 Å². The number of nitrogens with zero attached hydrogens (tertiary/aromatic N) is 2. The van der Waals surface area contributed by atoms with Gasteiger partial charge in [0.1, 0.15) is 0 Å². The standard InChI is InChI=1S/C15H17BrFN3OS.HI/c1-18-15(20(2)9-11-4-6-14(16)22-11)19-8-10-3-5-13(21)12(17)7-10;/h3-7,21H,8-9H2,1-2H3,(H,18,19);1H. The van der Waals surface area contributed by atoms with E-state index in [0.717, 1.165) is 21.9 Å².